The number of hydrogen-bond acceptors (Lipinski definition) is 13. The number of aromatic nitrogens is 3. The molecule has 0 aliphatic carbocycles. The maximum Gasteiger partial charge on any atom is 0.273 e. The topological polar surface area (TPSA) is 190 Å². The molecule has 0 radical (unpaired) electrons. The molecule has 1 atom stereocenters. The SMILES string of the molecule is C.COc1cc(Nc2ncc(F)c(Nc3ccc4c(n3)N(COP(=O)([O-])O)C(=O)C(C)(C)O4)n2)cc(OC)c1OC. The van der Waals surface area contributed by atoms with Crippen LogP contribution >= 0.6 is 7.82 Å². The number of nitrogens with zero attached hydrogens (tertiary/aromatic N) is 4. The number of ether oxygens (including phenoxy) is 4. The van der Waals surface area contributed by atoms with Gasteiger partial charge in [0.2, 0.25) is 11.7 Å². The first-order valence-electron chi connectivity index (χ1n) is 11.4. The van der Waals surface area contributed by atoms with Crippen LogP contribution in [0.15, 0.2) is 30.5 Å². The lowest BCUT2D eigenvalue weighted by Gasteiger charge is -2.38. The quantitative estimate of drug-likeness (QED) is 0.290. The van der Waals surface area contributed by atoms with E-state index < -0.39 is 31.9 Å². The van der Waals surface area contributed by atoms with Crippen molar-refractivity contribution in [2.45, 2.75) is 26.9 Å². The molecule has 3 N–H and O–H groups in total. The number of benzene rings is 1. The second-order valence-electron chi connectivity index (χ2n) is 8.64. The Labute approximate surface area is 234 Å². The van der Waals surface area contributed by atoms with E-state index in [1.54, 1.807) is 12.1 Å². The van der Waals surface area contributed by atoms with Gasteiger partial charge < -0.3 is 39.4 Å². The molecule has 0 saturated heterocycles. The summed E-state index contributed by atoms with van der Waals surface area (Å²) in [6, 6.07) is 6.08. The summed E-state index contributed by atoms with van der Waals surface area (Å²) in [4.78, 5) is 46.2. The molecule has 1 aromatic carbocycles. The molecule has 1 aliphatic heterocycles. The van der Waals surface area contributed by atoms with Crippen molar-refractivity contribution in [3.05, 3.63) is 36.3 Å². The summed E-state index contributed by atoms with van der Waals surface area (Å²) in [5.74, 6) is -0.678. The zero-order valence-corrected chi connectivity index (χ0v) is 22.8. The number of phosphoric ester groups is 1. The smallest absolute Gasteiger partial charge is 0.273 e. The molecule has 1 aliphatic rings. The number of rotatable bonds is 10. The molecule has 3 heterocycles. The van der Waals surface area contributed by atoms with Gasteiger partial charge >= 0.3 is 0 Å². The molecule has 1 amide bonds. The van der Waals surface area contributed by atoms with E-state index in [2.05, 4.69) is 30.1 Å². The fourth-order valence-electron chi connectivity index (χ4n) is 3.69. The zero-order valence-electron chi connectivity index (χ0n) is 21.9. The summed E-state index contributed by atoms with van der Waals surface area (Å²) in [6.45, 7) is 2.06. The Morgan fingerprint density at radius 3 is 2.37 bits per heavy atom. The van der Waals surface area contributed by atoms with Crippen LogP contribution in [-0.2, 0) is 13.9 Å². The van der Waals surface area contributed by atoms with Gasteiger partial charge in [-0.05, 0) is 26.0 Å². The molecular weight excluding hydrogens is 566 g/mol. The van der Waals surface area contributed by atoms with E-state index in [9.17, 15) is 18.6 Å². The van der Waals surface area contributed by atoms with Gasteiger partial charge in [-0.3, -0.25) is 18.8 Å². The van der Waals surface area contributed by atoms with Crippen molar-refractivity contribution in [3.63, 3.8) is 0 Å². The second kappa shape index (κ2) is 12.1. The molecule has 15 nitrogen and oxygen atoms in total. The Kier molecular flexibility index (Phi) is 9.23. The fraction of sp³-hybridized carbons (Fsp3) is 0.333. The number of carbonyl (C=O) groups excluding carboxylic acids is 1. The summed E-state index contributed by atoms with van der Waals surface area (Å²) >= 11 is 0. The minimum Gasteiger partial charge on any atom is -0.756 e. The van der Waals surface area contributed by atoms with Gasteiger partial charge in [-0.2, -0.15) is 4.98 Å². The maximum atomic E-state index is 14.7. The number of phosphoric acid groups is 1. The van der Waals surface area contributed by atoms with Crippen LogP contribution in [0.4, 0.5) is 33.5 Å². The average molecular weight is 596 g/mol. The highest BCUT2D eigenvalue weighted by Crippen LogP contribution is 2.41. The number of methoxy groups -OCH3 is 3. The second-order valence-corrected chi connectivity index (χ2v) is 9.84. The largest absolute Gasteiger partial charge is 0.756 e. The third kappa shape index (κ3) is 6.92. The highest BCUT2D eigenvalue weighted by atomic mass is 31.2. The monoisotopic (exact) mass is 595 g/mol. The predicted octanol–water partition coefficient (Wildman–Crippen LogP) is 3.10. The first-order valence-corrected chi connectivity index (χ1v) is 12.9. The number of amides is 1. The van der Waals surface area contributed by atoms with E-state index >= 15 is 0 Å². The highest BCUT2D eigenvalue weighted by Gasteiger charge is 2.42. The molecule has 3 aromatic rings. The summed E-state index contributed by atoms with van der Waals surface area (Å²) < 4.78 is 51.9. The summed E-state index contributed by atoms with van der Waals surface area (Å²) in [5.41, 5.74) is -0.936. The number of halogens is 1. The summed E-state index contributed by atoms with van der Waals surface area (Å²) in [6.07, 6.45) is 0.927. The molecular formula is C24H29FN6O9P-. The van der Waals surface area contributed by atoms with Gasteiger partial charge in [0, 0.05) is 17.8 Å². The predicted molar refractivity (Wildman–Crippen MR) is 144 cm³/mol. The lowest BCUT2D eigenvalue weighted by molar-refractivity contribution is -0.219. The Morgan fingerprint density at radius 1 is 1.12 bits per heavy atom. The lowest BCUT2D eigenvalue weighted by atomic mass is 10.1. The first-order chi connectivity index (χ1) is 18.8. The molecule has 1 unspecified atom stereocenters. The maximum absolute atomic E-state index is 14.7. The van der Waals surface area contributed by atoms with Gasteiger partial charge in [0.25, 0.3) is 13.7 Å². The van der Waals surface area contributed by atoms with Crippen LogP contribution in [-0.4, -0.2) is 59.4 Å². The van der Waals surface area contributed by atoms with Crippen LogP contribution in [0.5, 0.6) is 23.0 Å². The van der Waals surface area contributed by atoms with Crippen molar-refractivity contribution in [2.75, 3.05) is 43.6 Å². The molecule has 0 spiro atoms. The zero-order chi connectivity index (χ0) is 29.2. The molecule has 17 heteroatoms. The molecule has 0 saturated carbocycles. The number of nitrogens with one attached hydrogen (secondary N) is 2. The van der Waals surface area contributed by atoms with Gasteiger partial charge in [0.1, 0.15) is 12.5 Å². The first kappa shape index (κ1) is 31.3. The molecule has 41 heavy (non-hydrogen) atoms. The van der Waals surface area contributed by atoms with Gasteiger partial charge in [0.05, 0.1) is 27.5 Å². The van der Waals surface area contributed by atoms with Crippen LogP contribution in [0.25, 0.3) is 0 Å². The standard InChI is InChI=1S/C23H26FN6O9P.CH4/c1-23(2)21(31)30(11-38-40(32,33)34)20-14(39-23)6-7-17(28-20)27-19-13(24)10-25-22(29-19)26-12-8-15(35-3)18(37-5)16(9-12)36-4;/h6-10H,11H2,1-5H3,(H2,32,33,34)(H2,25,26,27,28,29);1H4/p-1. The third-order valence-electron chi connectivity index (χ3n) is 5.48. The Balaban J connectivity index is 0.00000462. The molecule has 222 valence electrons. The average Bonchev–Trinajstić information content (AvgIpc) is 2.89. The Hall–Kier alpha value is -4.24. The molecule has 0 fully saturated rings. The van der Waals surface area contributed by atoms with Crippen LogP contribution in [0.1, 0.15) is 21.3 Å². The number of fused-ring (bicyclic) bond motifs is 1. The van der Waals surface area contributed by atoms with E-state index in [1.165, 1.54) is 47.3 Å². The van der Waals surface area contributed by atoms with Crippen LogP contribution in [0, 0.1) is 5.82 Å². The van der Waals surface area contributed by atoms with Gasteiger partial charge in [-0.15, -0.1) is 0 Å². The van der Waals surface area contributed by atoms with Crippen LogP contribution in [0.2, 0.25) is 0 Å². The van der Waals surface area contributed by atoms with Gasteiger partial charge in [-0.25, -0.2) is 14.4 Å². The van der Waals surface area contributed by atoms with E-state index in [0.29, 0.717) is 22.9 Å². The molecule has 0 bridgehead atoms. The van der Waals surface area contributed by atoms with Crippen molar-refractivity contribution < 1.29 is 47.0 Å². The number of hydrogen-bond donors (Lipinski definition) is 3. The van der Waals surface area contributed by atoms with E-state index in [-0.39, 0.29) is 36.6 Å². The van der Waals surface area contributed by atoms with Crippen LogP contribution < -0.4 is 39.4 Å². The number of carbonyl (C=O) groups is 1. The Bertz CT molecular complexity index is 1460. The summed E-state index contributed by atoms with van der Waals surface area (Å²) in [7, 11) is -0.780. The van der Waals surface area contributed by atoms with Crippen molar-refractivity contribution in [3.8, 4) is 23.0 Å². The van der Waals surface area contributed by atoms with Crippen molar-refractivity contribution in [1.82, 2.24) is 15.0 Å². The van der Waals surface area contributed by atoms with Crippen molar-refractivity contribution >= 4 is 42.8 Å². The Morgan fingerprint density at radius 2 is 1.78 bits per heavy atom. The highest BCUT2D eigenvalue weighted by molar-refractivity contribution is 7.44. The normalized spacial score (nSPS) is 15.0. The van der Waals surface area contributed by atoms with Gasteiger partial charge in [-0.1, -0.05) is 7.43 Å². The third-order valence-corrected chi connectivity index (χ3v) is 5.92. The minimum absolute atomic E-state index is 0. The van der Waals surface area contributed by atoms with E-state index in [0.717, 1.165) is 11.1 Å². The van der Waals surface area contributed by atoms with E-state index in [1.807, 2.05) is 0 Å². The molecule has 2 aromatic heterocycles. The van der Waals surface area contributed by atoms with Crippen molar-refractivity contribution in [1.29, 1.82) is 0 Å². The van der Waals surface area contributed by atoms with Crippen molar-refractivity contribution in [2.24, 2.45) is 0 Å². The molecule has 4 rings (SSSR count). The lowest BCUT2D eigenvalue weighted by Crippen LogP contribution is -2.53. The minimum atomic E-state index is -5.16. The van der Waals surface area contributed by atoms with Gasteiger partial charge in [0.15, 0.2) is 40.3 Å². The fourth-order valence-corrected chi connectivity index (χ4v) is 3.95. The van der Waals surface area contributed by atoms with Crippen LogP contribution in [0.3, 0.4) is 0 Å². The number of pyridine rings is 1. The number of anilines is 5. The summed E-state index contributed by atoms with van der Waals surface area (Å²) in [5, 5.41) is 5.62. The van der Waals surface area contributed by atoms with E-state index in [4.69, 9.17) is 23.8 Å².